The third kappa shape index (κ3) is 72.2. The monoisotopic (exact) mass is 1260 g/mol. The molecule has 3 unspecified atom stereocenters. The van der Waals surface area contributed by atoms with E-state index in [4.69, 9.17) is 9.05 Å². The minimum Gasteiger partial charge on any atom is -0.756 e. The molecule has 8 nitrogen and oxygen atoms in total. The van der Waals surface area contributed by atoms with Gasteiger partial charge in [0.25, 0.3) is 7.82 Å². The number of aliphatic hydroxyl groups is 1. The van der Waals surface area contributed by atoms with Crippen LogP contribution in [0, 0.1) is 0 Å². The molecule has 0 saturated carbocycles. The summed E-state index contributed by atoms with van der Waals surface area (Å²) in [6, 6.07) is -0.886. The topological polar surface area (TPSA) is 108 Å². The molecule has 0 rings (SSSR count). The van der Waals surface area contributed by atoms with Gasteiger partial charge in [-0.15, -0.1) is 0 Å². The Kier molecular flexibility index (Phi) is 69.0. The van der Waals surface area contributed by atoms with E-state index in [2.05, 4.69) is 43.5 Å². The van der Waals surface area contributed by atoms with Crippen LogP contribution < -0.4 is 10.2 Å². The molecule has 0 aliphatic carbocycles. The van der Waals surface area contributed by atoms with Crippen LogP contribution in [0.5, 0.6) is 0 Å². The third-order valence-electron chi connectivity index (χ3n) is 18.3. The van der Waals surface area contributed by atoms with E-state index in [9.17, 15) is 19.4 Å². The summed E-state index contributed by atoms with van der Waals surface area (Å²) in [5.41, 5.74) is 0. The zero-order chi connectivity index (χ0) is 64.1. The SMILES string of the molecule is CCCCCCC/C=C\C/C=C\CCCCCCCCCCCCCCCCCCCCCCCCCCCCCC(=O)NC(COP(=O)([O-])OCC[N+](C)(C)C)C(O)/C=C/CCCCCCCCCCCCCCCCCCCCCCCCCCC. The third-order valence-corrected chi connectivity index (χ3v) is 19.3. The molecule has 0 aromatic carbocycles. The molecule has 0 spiro atoms. The zero-order valence-corrected chi connectivity index (χ0v) is 60.9. The maximum absolute atomic E-state index is 13.1. The molecule has 9 heteroatoms. The molecular formula is C79H155N2O6P. The summed E-state index contributed by atoms with van der Waals surface area (Å²) in [4.78, 5) is 25.7. The van der Waals surface area contributed by atoms with Gasteiger partial charge in [-0.1, -0.05) is 391 Å². The van der Waals surface area contributed by atoms with Crippen molar-refractivity contribution in [2.75, 3.05) is 40.9 Å². The maximum Gasteiger partial charge on any atom is 0.268 e. The van der Waals surface area contributed by atoms with Crippen LogP contribution in [0.4, 0.5) is 0 Å². The molecule has 2 N–H and O–H groups in total. The highest BCUT2D eigenvalue weighted by atomic mass is 31.2. The molecule has 0 bridgehead atoms. The number of phosphoric ester groups is 1. The normalized spacial score (nSPS) is 13.7. The van der Waals surface area contributed by atoms with Gasteiger partial charge in [-0.25, -0.2) is 0 Å². The second-order valence-electron chi connectivity index (χ2n) is 28.4. The van der Waals surface area contributed by atoms with Gasteiger partial charge in [0, 0.05) is 6.42 Å². The summed E-state index contributed by atoms with van der Waals surface area (Å²) in [5, 5.41) is 14.0. The number of quaternary nitrogens is 1. The van der Waals surface area contributed by atoms with E-state index in [0.29, 0.717) is 17.4 Å². The number of carbonyl (C=O) groups is 1. The van der Waals surface area contributed by atoms with Gasteiger partial charge in [0.2, 0.25) is 5.91 Å². The number of nitrogens with one attached hydrogen (secondary N) is 1. The van der Waals surface area contributed by atoms with Gasteiger partial charge in [-0.05, 0) is 51.4 Å². The average molecular weight is 1260 g/mol. The van der Waals surface area contributed by atoms with Crippen LogP contribution in [-0.4, -0.2) is 68.5 Å². The summed E-state index contributed by atoms with van der Waals surface area (Å²) in [7, 11) is 1.28. The van der Waals surface area contributed by atoms with E-state index < -0.39 is 20.0 Å². The molecule has 3 atom stereocenters. The first-order chi connectivity index (χ1) is 43.0. The van der Waals surface area contributed by atoms with Crippen LogP contribution in [0.25, 0.3) is 0 Å². The van der Waals surface area contributed by atoms with Crippen molar-refractivity contribution in [2.24, 2.45) is 0 Å². The standard InChI is InChI=1S/C79H155N2O6P/c1-6-8-10-12-14-16-18-20-22-24-26-28-30-32-34-35-36-37-38-39-40-41-42-43-44-45-47-49-51-53-55-57-59-61-63-65-67-69-71-73-79(83)80-77(76-87-88(84,85)86-75-74-81(3,4)5)78(82)72-70-68-66-64-62-60-58-56-54-52-50-48-46-33-31-29-27-25-23-21-19-17-15-13-11-9-7-2/h18,20,24,26,70,72,77-78,82H,6-17,19,21-23,25,27-69,71,73-76H2,1-5H3,(H-,80,83,84,85)/b20-18-,26-24-,72-70+. The summed E-state index contributed by atoms with van der Waals surface area (Å²) >= 11 is 0. The van der Waals surface area contributed by atoms with Crippen LogP contribution in [0.3, 0.4) is 0 Å². The van der Waals surface area contributed by atoms with Crippen molar-refractivity contribution in [2.45, 2.75) is 424 Å². The number of likely N-dealkylation sites (N-methyl/N-ethyl adjacent to an activating group) is 1. The Balaban J connectivity index is 3.92. The molecule has 522 valence electrons. The highest BCUT2D eigenvalue weighted by Crippen LogP contribution is 2.38. The van der Waals surface area contributed by atoms with E-state index in [1.54, 1.807) is 6.08 Å². The molecule has 1 amide bonds. The predicted molar refractivity (Wildman–Crippen MR) is 385 cm³/mol. The molecule has 88 heavy (non-hydrogen) atoms. The smallest absolute Gasteiger partial charge is 0.268 e. The Labute approximate surface area is 550 Å². The second-order valence-corrected chi connectivity index (χ2v) is 29.8. The number of amides is 1. The van der Waals surface area contributed by atoms with Crippen molar-refractivity contribution in [3.8, 4) is 0 Å². The summed E-state index contributed by atoms with van der Waals surface area (Å²) in [6.45, 7) is 4.71. The lowest BCUT2D eigenvalue weighted by Gasteiger charge is -2.29. The summed E-state index contributed by atoms with van der Waals surface area (Å²) in [5.74, 6) is -0.187. The number of allylic oxidation sites excluding steroid dienone is 5. The Morgan fingerprint density at radius 1 is 0.398 bits per heavy atom. The number of carbonyl (C=O) groups excluding carboxylic acids is 1. The predicted octanol–water partition coefficient (Wildman–Crippen LogP) is 24.9. The largest absolute Gasteiger partial charge is 0.756 e. The van der Waals surface area contributed by atoms with E-state index in [0.717, 1.165) is 44.9 Å². The van der Waals surface area contributed by atoms with Gasteiger partial charge in [-0.2, -0.15) is 0 Å². The molecule has 0 fully saturated rings. The summed E-state index contributed by atoms with van der Waals surface area (Å²) in [6.07, 6.45) is 94.5. The van der Waals surface area contributed by atoms with Gasteiger partial charge in [0.05, 0.1) is 39.9 Å². The van der Waals surface area contributed by atoms with Crippen LogP contribution in [0.15, 0.2) is 36.5 Å². The molecule has 0 aliphatic heterocycles. The van der Waals surface area contributed by atoms with Gasteiger partial charge in [0.15, 0.2) is 0 Å². The van der Waals surface area contributed by atoms with Crippen LogP contribution in [0.2, 0.25) is 0 Å². The quantitative estimate of drug-likeness (QED) is 0.0272. The van der Waals surface area contributed by atoms with Crippen molar-refractivity contribution in [1.82, 2.24) is 5.32 Å². The highest BCUT2D eigenvalue weighted by molar-refractivity contribution is 7.45. The number of hydrogen-bond donors (Lipinski definition) is 2. The zero-order valence-electron chi connectivity index (χ0n) is 60.0. The first-order valence-electron chi connectivity index (χ1n) is 39.4. The maximum atomic E-state index is 13.1. The van der Waals surface area contributed by atoms with Gasteiger partial charge < -0.3 is 28.8 Å². The highest BCUT2D eigenvalue weighted by Gasteiger charge is 2.23. The fourth-order valence-electron chi connectivity index (χ4n) is 12.3. The van der Waals surface area contributed by atoms with Crippen LogP contribution in [0.1, 0.15) is 412 Å². The number of hydrogen-bond acceptors (Lipinski definition) is 6. The molecule has 0 saturated heterocycles. The van der Waals surface area contributed by atoms with Crippen molar-refractivity contribution in [1.29, 1.82) is 0 Å². The number of rotatable bonds is 74. The van der Waals surface area contributed by atoms with Gasteiger partial charge in [0.1, 0.15) is 13.2 Å². The molecule has 0 aromatic rings. The lowest BCUT2D eigenvalue weighted by molar-refractivity contribution is -0.870. The molecule has 0 aromatic heterocycles. The van der Waals surface area contributed by atoms with E-state index >= 15 is 0 Å². The molecule has 0 radical (unpaired) electrons. The minimum atomic E-state index is -4.60. The summed E-state index contributed by atoms with van der Waals surface area (Å²) < 4.78 is 23.5. The molecular weight excluding hydrogens is 1100 g/mol. The second kappa shape index (κ2) is 70.0. The van der Waals surface area contributed by atoms with Crippen LogP contribution >= 0.6 is 7.82 Å². The van der Waals surface area contributed by atoms with Crippen LogP contribution in [-0.2, 0) is 18.4 Å². The Hall–Kier alpha value is -1.28. The first kappa shape index (κ1) is 86.7. The number of aliphatic hydroxyl groups excluding tert-OH is 1. The van der Waals surface area contributed by atoms with E-state index in [1.165, 1.54) is 347 Å². The van der Waals surface area contributed by atoms with Gasteiger partial charge >= 0.3 is 0 Å². The first-order valence-corrected chi connectivity index (χ1v) is 40.8. The minimum absolute atomic E-state index is 0.00188. The Bertz CT molecular complexity index is 1530. The van der Waals surface area contributed by atoms with Crippen molar-refractivity contribution in [3.05, 3.63) is 36.5 Å². The Morgan fingerprint density at radius 2 is 0.659 bits per heavy atom. The molecule has 0 aliphatic rings. The van der Waals surface area contributed by atoms with E-state index in [1.807, 2.05) is 27.2 Å². The number of nitrogens with zero attached hydrogens (tertiary/aromatic N) is 1. The average Bonchev–Trinajstić information content (AvgIpc) is 3.70. The van der Waals surface area contributed by atoms with Crippen molar-refractivity contribution in [3.63, 3.8) is 0 Å². The molecule has 0 heterocycles. The fraction of sp³-hybridized carbons (Fsp3) is 0.911. The Morgan fingerprint density at radius 3 is 0.943 bits per heavy atom. The van der Waals surface area contributed by atoms with Crippen molar-refractivity contribution < 1.29 is 32.9 Å². The number of unbranched alkanes of at least 4 members (excludes halogenated alkanes) is 57. The van der Waals surface area contributed by atoms with Gasteiger partial charge in [-0.3, -0.25) is 9.36 Å². The lowest BCUT2D eigenvalue weighted by atomic mass is 10.0. The number of phosphoric acid groups is 1. The fourth-order valence-corrected chi connectivity index (χ4v) is 13.0. The van der Waals surface area contributed by atoms with E-state index in [-0.39, 0.29) is 19.1 Å². The van der Waals surface area contributed by atoms with Crippen molar-refractivity contribution >= 4 is 13.7 Å². The lowest BCUT2D eigenvalue weighted by Crippen LogP contribution is -2.45.